The van der Waals surface area contributed by atoms with E-state index < -0.39 is 17.8 Å². The monoisotopic (exact) mass is 396 g/mol. The van der Waals surface area contributed by atoms with Crippen LogP contribution in [-0.2, 0) is 6.18 Å². The van der Waals surface area contributed by atoms with E-state index in [-0.39, 0.29) is 5.69 Å². The molecule has 0 atom stereocenters. The molecule has 0 aliphatic rings. The van der Waals surface area contributed by atoms with Gasteiger partial charge in [0.15, 0.2) is 0 Å². The second kappa shape index (κ2) is 7.31. The zero-order valence-corrected chi connectivity index (χ0v) is 14.9. The topological polar surface area (TPSA) is 69.8 Å². The Morgan fingerprint density at radius 3 is 2.28 bits per heavy atom. The van der Waals surface area contributed by atoms with Gasteiger partial charge < -0.3 is 15.6 Å². The molecule has 29 heavy (non-hydrogen) atoms. The number of carbonyl (C=O) groups is 1. The summed E-state index contributed by atoms with van der Waals surface area (Å²) in [4.78, 5) is 19.8. The van der Waals surface area contributed by atoms with Crippen molar-refractivity contribution >= 4 is 28.4 Å². The predicted octanol–water partition coefficient (Wildman–Crippen LogP) is 5.89. The highest BCUT2D eigenvalue weighted by Gasteiger charge is 2.33. The fourth-order valence-electron chi connectivity index (χ4n) is 2.92. The fraction of sp³-hybridized carbons (Fsp3) is 0.0476. The van der Waals surface area contributed by atoms with Crippen LogP contribution in [0, 0.1) is 0 Å². The molecule has 1 aromatic heterocycles. The molecule has 0 bridgehead atoms. The maximum atomic E-state index is 13.0. The molecule has 0 saturated carbocycles. The fourth-order valence-corrected chi connectivity index (χ4v) is 2.92. The standard InChI is InChI=1S/C21H15F3N4O/c22-21(23,24)15-5-1-2-6-16(15)28-20(29)25-14-11-9-13(10-12-14)19-26-17-7-3-4-8-18(17)27-19/h1-12H,(H,26,27)(H2,25,28,29). The Morgan fingerprint density at radius 2 is 1.55 bits per heavy atom. The van der Waals surface area contributed by atoms with Gasteiger partial charge in [0.05, 0.1) is 22.3 Å². The Bertz CT molecular complexity index is 1130. The minimum atomic E-state index is -4.56. The van der Waals surface area contributed by atoms with Crippen molar-refractivity contribution in [3.8, 4) is 11.4 Å². The maximum absolute atomic E-state index is 13.0. The first-order chi connectivity index (χ1) is 13.9. The van der Waals surface area contributed by atoms with E-state index in [2.05, 4.69) is 20.6 Å². The van der Waals surface area contributed by atoms with E-state index >= 15 is 0 Å². The van der Waals surface area contributed by atoms with Gasteiger partial charge in [0.1, 0.15) is 5.82 Å². The van der Waals surface area contributed by atoms with Crippen molar-refractivity contribution in [2.75, 3.05) is 10.6 Å². The third-order valence-corrected chi connectivity index (χ3v) is 4.29. The van der Waals surface area contributed by atoms with Gasteiger partial charge >= 0.3 is 12.2 Å². The molecule has 0 fully saturated rings. The number of urea groups is 1. The molecule has 4 rings (SSSR count). The van der Waals surface area contributed by atoms with E-state index in [9.17, 15) is 18.0 Å². The molecule has 0 aliphatic carbocycles. The van der Waals surface area contributed by atoms with Crippen LogP contribution >= 0.6 is 0 Å². The Kier molecular flexibility index (Phi) is 4.67. The van der Waals surface area contributed by atoms with E-state index in [0.29, 0.717) is 11.5 Å². The van der Waals surface area contributed by atoms with E-state index in [1.54, 1.807) is 24.3 Å². The predicted molar refractivity (Wildman–Crippen MR) is 106 cm³/mol. The van der Waals surface area contributed by atoms with Crippen molar-refractivity contribution in [2.24, 2.45) is 0 Å². The Morgan fingerprint density at radius 1 is 0.862 bits per heavy atom. The van der Waals surface area contributed by atoms with Gasteiger partial charge in [0.25, 0.3) is 0 Å². The van der Waals surface area contributed by atoms with Crippen LogP contribution in [0.1, 0.15) is 5.56 Å². The average Bonchev–Trinajstić information content (AvgIpc) is 3.12. The summed E-state index contributed by atoms with van der Waals surface area (Å²) in [6, 6.07) is 18.5. The SMILES string of the molecule is O=C(Nc1ccc(-c2nc3ccccc3[nH]2)cc1)Nc1ccccc1C(F)(F)F. The van der Waals surface area contributed by atoms with E-state index in [1.807, 2.05) is 24.3 Å². The van der Waals surface area contributed by atoms with Crippen LogP contribution in [0.15, 0.2) is 72.8 Å². The van der Waals surface area contributed by atoms with Gasteiger partial charge in [0.2, 0.25) is 0 Å². The lowest BCUT2D eigenvalue weighted by Gasteiger charge is -2.14. The number of halogens is 3. The molecule has 0 spiro atoms. The molecule has 3 N–H and O–H groups in total. The van der Waals surface area contributed by atoms with Gasteiger partial charge in [-0.1, -0.05) is 24.3 Å². The summed E-state index contributed by atoms with van der Waals surface area (Å²) in [5.41, 5.74) is 1.79. The van der Waals surface area contributed by atoms with E-state index in [1.165, 1.54) is 18.2 Å². The van der Waals surface area contributed by atoms with Gasteiger partial charge in [-0.15, -0.1) is 0 Å². The summed E-state index contributed by atoms with van der Waals surface area (Å²) >= 11 is 0. The van der Waals surface area contributed by atoms with Crippen molar-refractivity contribution in [3.63, 3.8) is 0 Å². The van der Waals surface area contributed by atoms with Gasteiger partial charge in [-0.25, -0.2) is 9.78 Å². The summed E-state index contributed by atoms with van der Waals surface area (Å²) in [7, 11) is 0. The van der Waals surface area contributed by atoms with Crippen LogP contribution in [0.3, 0.4) is 0 Å². The number of nitrogens with zero attached hydrogens (tertiary/aromatic N) is 1. The van der Waals surface area contributed by atoms with Crippen LogP contribution in [0.2, 0.25) is 0 Å². The number of carbonyl (C=O) groups excluding carboxylic acids is 1. The Hall–Kier alpha value is -3.81. The first kappa shape index (κ1) is 18.5. The van der Waals surface area contributed by atoms with Gasteiger partial charge in [0, 0.05) is 11.3 Å². The van der Waals surface area contributed by atoms with E-state index in [4.69, 9.17) is 0 Å². The van der Waals surface area contributed by atoms with Crippen molar-refractivity contribution in [3.05, 3.63) is 78.4 Å². The molecule has 0 radical (unpaired) electrons. The Labute approximate surface area is 163 Å². The van der Waals surface area contributed by atoms with Gasteiger partial charge in [-0.05, 0) is 48.5 Å². The molecular formula is C21H15F3N4O. The molecule has 3 aromatic carbocycles. The minimum absolute atomic E-state index is 0.309. The number of amides is 2. The molecule has 5 nitrogen and oxygen atoms in total. The highest BCUT2D eigenvalue weighted by atomic mass is 19.4. The van der Waals surface area contributed by atoms with Gasteiger partial charge in [-0.2, -0.15) is 13.2 Å². The summed E-state index contributed by atoms with van der Waals surface area (Å²) in [6.07, 6.45) is -4.56. The van der Waals surface area contributed by atoms with E-state index in [0.717, 1.165) is 22.7 Å². The second-order valence-corrected chi connectivity index (χ2v) is 6.30. The van der Waals surface area contributed by atoms with Crippen LogP contribution < -0.4 is 10.6 Å². The van der Waals surface area contributed by atoms with Gasteiger partial charge in [-0.3, -0.25) is 0 Å². The number of rotatable bonds is 3. The number of hydrogen-bond donors (Lipinski definition) is 3. The molecule has 4 aromatic rings. The van der Waals surface area contributed by atoms with Crippen LogP contribution in [0.5, 0.6) is 0 Å². The number of benzene rings is 3. The second-order valence-electron chi connectivity index (χ2n) is 6.30. The third-order valence-electron chi connectivity index (χ3n) is 4.29. The highest BCUT2D eigenvalue weighted by Crippen LogP contribution is 2.34. The number of H-pyrrole nitrogens is 1. The smallest absolute Gasteiger partial charge is 0.338 e. The summed E-state index contributed by atoms with van der Waals surface area (Å²) in [5.74, 6) is 0.682. The number of aromatic amines is 1. The average molecular weight is 396 g/mol. The van der Waals surface area contributed by atoms with Crippen LogP contribution in [-0.4, -0.2) is 16.0 Å². The lowest BCUT2D eigenvalue weighted by molar-refractivity contribution is -0.136. The van der Waals surface area contributed by atoms with Crippen molar-refractivity contribution < 1.29 is 18.0 Å². The summed E-state index contributed by atoms with van der Waals surface area (Å²) < 4.78 is 39.1. The first-order valence-corrected chi connectivity index (χ1v) is 8.69. The molecule has 2 amide bonds. The number of alkyl halides is 3. The lowest BCUT2D eigenvalue weighted by Crippen LogP contribution is -2.21. The quantitative estimate of drug-likeness (QED) is 0.404. The summed E-state index contributed by atoms with van der Waals surface area (Å²) in [5, 5.41) is 4.77. The van der Waals surface area contributed by atoms with Crippen molar-refractivity contribution in [1.82, 2.24) is 9.97 Å². The molecule has 146 valence electrons. The zero-order chi connectivity index (χ0) is 20.4. The number of hydrogen-bond acceptors (Lipinski definition) is 2. The minimum Gasteiger partial charge on any atom is -0.338 e. The van der Waals surface area contributed by atoms with Crippen molar-refractivity contribution in [2.45, 2.75) is 6.18 Å². The number of para-hydroxylation sites is 3. The molecule has 1 heterocycles. The third kappa shape index (κ3) is 4.06. The maximum Gasteiger partial charge on any atom is 0.418 e. The number of nitrogens with one attached hydrogen (secondary N) is 3. The van der Waals surface area contributed by atoms with Crippen LogP contribution in [0.4, 0.5) is 29.3 Å². The number of anilines is 2. The van der Waals surface area contributed by atoms with Crippen molar-refractivity contribution in [1.29, 1.82) is 0 Å². The zero-order valence-electron chi connectivity index (χ0n) is 14.9. The van der Waals surface area contributed by atoms with Crippen LogP contribution in [0.25, 0.3) is 22.4 Å². The molecule has 8 heteroatoms. The first-order valence-electron chi connectivity index (χ1n) is 8.69. The molecule has 0 saturated heterocycles. The Balaban J connectivity index is 1.47. The molecular weight excluding hydrogens is 381 g/mol. The number of aromatic nitrogens is 2. The highest BCUT2D eigenvalue weighted by molar-refractivity contribution is 6.00. The largest absolute Gasteiger partial charge is 0.418 e. The normalized spacial score (nSPS) is 11.4. The molecule has 0 unspecified atom stereocenters. The lowest BCUT2D eigenvalue weighted by atomic mass is 10.1. The number of fused-ring (bicyclic) bond motifs is 1. The molecule has 0 aliphatic heterocycles. The summed E-state index contributed by atoms with van der Waals surface area (Å²) in [6.45, 7) is 0. The number of imidazole rings is 1.